The lowest BCUT2D eigenvalue weighted by molar-refractivity contribution is -0.385. The Morgan fingerprint density at radius 3 is 2.85 bits per heavy atom. The van der Waals surface area contributed by atoms with E-state index in [1.165, 1.54) is 29.1 Å². The summed E-state index contributed by atoms with van der Waals surface area (Å²) in [5.41, 5.74) is 0.527. The Morgan fingerprint density at radius 1 is 1.50 bits per heavy atom. The monoisotopic (exact) mass is 357 g/mol. The standard InChI is InChI=1S/C12H9BrClN3O3/c1-7-11(13)12(18)16(6-15-7)5-8-4-9(14)2-3-10(8)17(19)20/h2-4,6H,5H2,1H3. The average molecular weight is 359 g/mol. The quantitative estimate of drug-likeness (QED) is 0.624. The molecule has 2 rings (SSSR count). The van der Waals surface area contributed by atoms with Crippen LogP contribution in [-0.2, 0) is 6.54 Å². The molecule has 2 aromatic rings. The minimum atomic E-state index is -0.507. The first-order chi connectivity index (χ1) is 9.40. The Morgan fingerprint density at radius 2 is 2.20 bits per heavy atom. The minimum absolute atomic E-state index is 0.0294. The van der Waals surface area contributed by atoms with Crippen LogP contribution in [0.5, 0.6) is 0 Å². The molecule has 8 heteroatoms. The molecule has 0 N–H and O–H groups in total. The number of halogens is 2. The van der Waals surface area contributed by atoms with Crippen molar-refractivity contribution >= 4 is 33.2 Å². The minimum Gasteiger partial charge on any atom is -0.294 e. The van der Waals surface area contributed by atoms with Crippen LogP contribution in [0, 0.1) is 17.0 Å². The number of nitro benzene ring substituents is 1. The third kappa shape index (κ3) is 2.88. The van der Waals surface area contributed by atoms with E-state index in [4.69, 9.17) is 11.6 Å². The van der Waals surface area contributed by atoms with Crippen LogP contribution in [0.1, 0.15) is 11.3 Å². The molecule has 0 bridgehead atoms. The van der Waals surface area contributed by atoms with Gasteiger partial charge < -0.3 is 0 Å². The number of nitrogens with zero attached hydrogens (tertiary/aromatic N) is 3. The molecule has 0 aliphatic carbocycles. The fourth-order valence-electron chi connectivity index (χ4n) is 1.70. The topological polar surface area (TPSA) is 78.0 Å². The second-order valence-corrected chi connectivity index (χ2v) is 5.34. The summed E-state index contributed by atoms with van der Waals surface area (Å²) in [6.45, 7) is 1.72. The molecular weight excluding hydrogens is 350 g/mol. The highest BCUT2D eigenvalue weighted by molar-refractivity contribution is 9.10. The van der Waals surface area contributed by atoms with Crippen molar-refractivity contribution in [3.63, 3.8) is 0 Å². The number of rotatable bonds is 3. The summed E-state index contributed by atoms with van der Waals surface area (Å²) in [7, 11) is 0. The van der Waals surface area contributed by atoms with Crippen LogP contribution < -0.4 is 5.56 Å². The first-order valence-corrected chi connectivity index (χ1v) is 6.71. The third-order valence-corrected chi connectivity index (χ3v) is 3.88. The third-order valence-electron chi connectivity index (χ3n) is 2.74. The van der Waals surface area contributed by atoms with E-state index in [2.05, 4.69) is 20.9 Å². The van der Waals surface area contributed by atoms with Gasteiger partial charge in [-0.2, -0.15) is 0 Å². The van der Waals surface area contributed by atoms with Gasteiger partial charge >= 0.3 is 0 Å². The summed E-state index contributed by atoms with van der Waals surface area (Å²) in [6, 6.07) is 4.23. The Balaban J connectivity index is 2.50. The van der Waals surface area contributed by atoms with Crippen molar-refractivity contribution in [2.45, 2.75) is 13.5 Å². The van der Waals surface area contributed by atoms with Crippen LogP contribution in [0.3, 0.4) is 0 Å². The van der Waals surface area contributed by atoms with Gasteiger partial charge in [-0.1, -0.05) is 11.6 Å². The number of hydrogen-bond acceptors (Lipinski definition) is 4. The van der Waals surface area contributed by atoms with E-state index in [1.54, 1.807) is 6.92 Å². The molecule has 20 heavy (non-hydrogen) atoms. The number of aryl methyl sites for hydroxylation is 1. The molecule has 0 saturated heterocycles. The number of nitro groups is 1. The maximum absolute atomic E-state index is 12.0. The Bertz CT molecular complexity index is 745. The lowest BCUT2D eigenvalue weighted by atomic mass is 10.2. The summed E-state index contributed by atoms with van der Waals surface area (Å²) < 4.78 is 1.63. The predicted octanol–water partition coefficient (Wildman–Crippen LogP) is 2.92. The van der Waals surface area contributed by atoms with Gasteiger partial charge in [0.15, 0.2) is 0 Å². The average Bonchev–Trinajstić information content (AvgIpc) is 2.39. The molecule has 0 unspecified atom stereocenters. The normalized spacial score (nSPS) is 10.6. The van der Waals surface area contributed by atoms with Crippen LogP contribution in [0.15, 0.2) is 33.8 Å². The maximum atomic E-state index is 12.0. The molecule has 6 nitrogen and oxygen atoms in total. The lowest BCUT2D eigenvalue weighted by Crippen LogP contribution is -2.23. The zero-order chi connectivity index (χ0) is 14.9. The van der Waals surface area contributed by atoms with E-state index in [1.807, 2.05) is 0 Å². The predicted molar refractivity (Wildman–Crippen MR) is 78.1 cm³/mol. The molecule has 0 atom stereocenters. The number of benzene rings is 1. The molecule has 0 fully saturated rings. The largest absolute Gasteiger partial charge is 0.294 e. The fourth-order valence-corrected chi connectivity index (χ4v) is 2.23. The molecule has 1 heterocycles. The van der Waals surface area contributed by atoms with E-state index >= 15 is 0 Å². The van der Waals surface area contributed by atoms with Gasteiger partial charge in [0.25, 0.3) is 11.2 Å². The van der Waals surface area contributed by atoms with Gasteiger partial charge in [-0.15, -0.1) is 0 Å². The number of aromatic nitrogens is 2. The van der Waals surface area contributed by atoms with Crippen LogP contribution in [0.4, 0.5) is 5.69 Å². The zero-order valence-electron chi connectivity index (χ0n) is 10.3. The van der Waals surface area contributed by atoms with Crippen molar-refractivity contribution in [3.8, 4) is 0 Å². The van der Waals surface area contributed by atoms with Crippen LogP contribution in [0.25, 0.3) is 0 Å². The highest BCUT2D eigenvalue weighted by atomic mass is 79.9. The van der Waals surface area contributed by atoms with Gasteiger partial charge in [-0.25, -0.2) is 4.98 Å². The number of hydrogen-bond donors (Lipinski definition) is 0. The molecule has 0 aliphatic heterocycles. The molecule has 0 saturated carbocycles. The van der Waals surface area contributed by atoms with Crippen molar-refractivity contribution in [3.05, 3.63) is 65.7 Å². The smallest absolute Gasteiger partial charge is 0.274 e. The second-order valence-electron chi connectivity index (χ2n) is 4.11. The molecule has 0 spiro atoms. The second kappa shape index (κ2) is 5.72. The lowest BCUT2D eigenvalue weighted by Gasteiger charge is -2.08. The van der Waals surface area contributed by atoms with E-state index in [0.29, 0.717) is 20.8 Å². The summed E-state index contributed by atoms with van der Waals surface area (Å²) in [5.74, 6) is 0. The van der Waals surface area contributed by atoms with Gasteiger partial charge in [0.05, 0.1) is 29.1 Å². The van der Waals surface area contributed by atoms with Crippen LogP contribution >= 0.6 is 27.5 Å². The van der Waals surface area contributed by atoms with Crippen molar-refractivity contribution in [1.29, 1.82) is 0 Å². The Kier molecular flexibility index (Phi) is 4.20. The van der Waals surface area contributed by atoms with Gasteiger partial charge in [0.2, 0.25) is 0 Å². The van der Waals surface area contributed by atoms with Crippen molar-refractivity contribution in [2.75, 3.05) is 0 Å². The molecule has 0 radical (unpaired) electrons. The molecule has 104 valence electrons. The summed E-state index contributed by atoms with van der Waals surface area (Å²) >= 11 is 9.00. The van der Waals surface area contributed by atoms with Crippen molar-refractivity contribution in [1.82, 2.24) is 9.55 Å². The maximum Gasteiger partial charge on any atom is 0.274 e. The molecule has 0 aliphatic rings. The van der Waals surface area contributed by atoms with E-state index < -0.39 is 4.92 Å². The van der Waals surface area contributed by atoms with Gasteiger partial charge in [-0.05, 0) is 35.0 Å². The van der Waals surface area contributed by atoms with Gasteiger partial charge in [0, 0.05) is 11.1 Å². The molecular formula is C12H9BrClN3O3. The summed E-state index contributed by atoms with van der Waals surface area (Å²) in [6.07, 6.45) is 1.35. The van der Waals surface area contributed by atoms with Gasteiger partial charge in [-0.3, -0.25) is 19.5 Å². The van der Waals surface area contributed by atoms with Crippen LogP contribution in [-0.4, -0.2) is 14.5 Å². The van der Waals surface area contributed by atoms with E-state index in [0.717, 1.165) is 0 Å². The Hall–Kier alpha value is -1.73. The summed E-state index contributed by atoms with van der Waals surface area (Å²) in [5, 5.41) is 11.4. The highest BCUT2D eigenvalue weighted by Crippen LogP contribution is 2.23. The highest BCUT2D eigenvalue weighted by Gasteiger charge is 2.15. The first kappa shape index (κ1) is 14.7. The van der Waals surface area contributed by atoms with Gasteiger partial charge in [0.1, 0.15) is 4.47 Å². The Labute approximate surface area is 127 Å². The van der Waals surface area contributed by atoms with Crippen molar-refractivity contribution in [2.24, 2.45) is 0 Å². The summed E-state index contributed by atoms with van der Waals surface area (Å²) in [4.78, 5) is 26.6. The molecule has 1 aromatic carbocycles. The first-order valence-electron chi connectivity index (χ1n) is 5.54. The molecule has 1 aromatic heterocycles. The SMILES string of the molecule is Cc1ncn(Cc2cc(Cl)ccc2[N+](=O)[O-])c(=O)c1Br. The van der Waals surface area contributed by atoms with Crippen LogP contribution in [0.2, 0.25) is 5.02 Å². The molecule has 0 amide bonds. The fraction of sp³-hybridized carbons (Fsp3) is 0.167. The van der Waals surface area contributed by atoms with E-state index in [-0.39, 0.29) is 17.8 Å². The zero-order valence-corrected chi connectivity index (χ0v) is 12.7. The van der Waals surface area contributed by atoms with Crippen molar-refractivity contribution < 1.29 is 4.92 Å². The van der Waals surface area contributed by atoms with E-state index in [9.17, 15) is 14.9 Å².